The fraction of sp³-hybridized carbons (Fsp3) is 0.333. The summed E-state index contributed by atoms with van der Waals surface area (Å²) in [5.41, 5.74) is -1.41. The molecule has 5 nitrogen and oxygen atoms in total. The predicted octanol–water partition coefficient (Wildman–Crippen LogP) is 4.69. The van der Waals surface area contributed by atoms with Crippen LogP contribution in [0.1, 0.15) is 18.4 Å². The summed E-state index contributed by atoms with van der Waals surface area (Å²) in [5.74, 6) is -1.05. The van der Waals surface area contributed by atoms with E-state index in [1.165, 1.54) is 44.1 Å². The number of halogens is 4. The number of nitrogens with one attached hydrogen (secondary N) is 1. The molecule has 1 aliphatic heterocycles. The third-order valence-electron chi connectivity index (χ3n) is 3.99. The first-order valence-electron chi connectivity index (χ1n) is 8.36. The van der Waals surface area contributed by atoms with E-state index in [0.29, 0.717) is 16.6 Å². The monoisotopic (exact) mass is 480 g/mol. The Morgan fingerprint density at radius 3 is 2.21 bits per heavy atom. The van der Waals surface area contributed by atoms with E-state index in [9.17, 15) is 26.7 Å². The highest BCUT2D eigenvalue weighted by Gasteiger charge is 2.33. The molecule has 0 amide bonds. The van der Waals surface area contributed by atoms with Crippen molar-refractivity contribution in [1.82, 2.24) is 4.90 Å². The molecule has 0 bridgehead atoms. The molecule has 1 heterocycles. The van der Waals surface area contributed by atoms with Crippen LogP contribution in [-0.4, -0.2) is 38.6 Å². The second-order valence-corrected chi connectivity index (χ2v) is 8.90. The maximum Gasteiger partial charge on any atom is 0.419 e. The second-order valence-electron chi connectivity index (χ2n) is 6.30. The van der Waals surface area contributed by atoms with Gasteiger partial charge in [-0.05, 0) is 63.3 Å². The van der Waals surface area contributed by atoms with Gasteiger partial charge in [-0.25, -0.2) is 8.42 Å². The number of likely N-dealkylation sites (tertiary alicyclic amines) is 1. The highest BCUT2D eigenvalue weighted by molar-refractivity contribution is 9.10. The van der Waals surface area contributed by atoms with Gasteiger partial charge in [0.05, 0.1) is 16.1 Å². The molecular formula is C18H20BrF3N2O3S. The molecule has 1 saturated heterocycles. The molecule has 154 valence electrons. The number of hydrogen-bond donors (Lipinski definition) is 2. The molecule has 2 aromatic carbocycles. The van der Waals surface area contributed by atoms with Crippen LogP contribution in [0, 0.1) is 0 Å². The summed E-state index contributed by atoms with van der Waals surface area (Å²) in [5, 5.41) is 9.38. The largest absolute Gasteiger partial charge is 0.507 e. The Labute approximate surface area is 170 Å². The molecule has 1 fully saturated rings. The van der Waals surface area contributed by atoms with Gasteiger partial charge in [-0.1, -0.05) is 22.0 Å². The van der Waals surface area contributed by atoms with E-state index in [-0.39, 0.29) is 10.6 Å². The lowest BCUT2D eigenvalue weighted by molar-refractivity contribution is -0.138. The SMILES string of the molecule is CN1CCCC1.O=S(=O)(Nc1ccc(C(F)(F)F)c(O)c1)c1cccc(Br)c1. The number of phenolic OH excluding ortho intramolecular Hbond substituents is 1. The molecule has 10 heteroatoms. The molecule has 0 saturated carbocycles. The van der Waals surface area contributed by atoms with Gasteiger partial charge < -0.3 is 10.0 Å². The molecule has 0 aromatic heterocycles. The lowest BCUT2D eigenvalue weighted by Crippen LogP contribution is -2.13. The minimum Gasteiger partial charge on any atom is -0.507 e. The smallest absolute Gasteiger partial charge is 0.419 e. The van der Waals surface area contributed by atoms with Gasteiger partial charge in [-0.2, -0.15) is 13.2 Å². The molecule has 0 radical (unpaired) electrons. The van der Waals surface area contributed by atoms with Crippen molar-refractivity contribution in [2.24, 2.45) is 0 Å². The topological polar surface area (TPSA) is 69.6 Å². The Morgan fingerprint density at radius 1 is 1.11 bits per heavy atom. The van der Waals surface area contributed by atoms with Crippen molar-refractivity contribution in [3.63, 3.8) is 0 Å². The van der Waals surface area contributed by atoms with E-state index in [0.717, 1.165) is 6.07 Å². The van der Waals surface area contributed by atoms with Gasteiger partial charge in [0.15, 0.2) is 0 Å². The normalized spacial score (nSPS) is 15.0. The second kappa shape index (κ2) is 9.15. The van der Waals surface area contributed by atoms with Crippen molar-refractivity contribution in [2.75, 3.05) is 24.9 Å². The fourth-order valence-corrected chi connectivity index (χ4v) is 4.20. The third-order valence-corrected chi connectivity index (χ3v) is 5.86. The van der Waals surface area contributed by atoms with Crippen LogP contribution in [0.15, 0.2) is 51.8 Å². The number of phenols is 1. The van der Waals surface area contributed by atoms with E-state index in [2.05, 4.69) is 32.6 Å². The summed E-state index contributed by atoms with van der Waals surface area (Å²) < 4.78 is 64.4. The van der Waals surface area contributed by atoms with Gasteiger partial charge in [0.2, 0.25) is 0 Å². The first kappa shape index (κ1) is 22.5. The van der Waals surface area contributed by atoms with Crippen LogP contribution in [0.5, 0.6) is 5.75 Å². The average Bonchev–Trinajstić information content (AvgIpc) is 3.05. The number of aromatic hydroxyl groups is 1. The van der Waals surface area contributed by atoms with Gasteiger partial charge in [-0.3, -0.25) is 4.72 Å². The van der Waals surface area contributed by atoms with Crippen molar-refractivity contribution in [3.8, 4) is 5.75 Å². The van der Waals surface area contributed by atoms with E-state index in [4.69, 9.17) is 0 Å². The average molecular weight is 481 g/mol. The highest BCUT2D eigenvalue weighted by Crippen LogP contribution is 2.37. The van der Waals surface area contributed by atoms with Crippen LogP contribution in [0.2, 0.25) is 0 Å². The van der Waals surface area contributed by atoms with E-state index < -0.39 is 27.5 Å². The van der Waals surface area contributed by atoms with Crippen LogP contribution in [-0.2, 0) is 16.2 Å². The number of anilines is 1. The highest BCUT2D eigenvalue weighted by atomic mass is 79.9. The zero-order chi connectivity index (χ0) is 20.9. The number of hydrogen-bond acceptors (Lipinski definition) is 4. The maximum atomic E-state index is 12.5. The summed E-state index contributed by atoms with van der Waals surface area (Å²) in [6.07, 6.45) is -1.89. The minimum atomic E-state index is -4.72. The van der Waals surface area contributed by atoms with Crippen LogP contribution >= 0.6 is 15.9 Å². The Balaban J connectivity index is 0.000000397. The van der Waals surface area contributed by atoms with E-state index >= 15 is 0 Å². The first-order chi connectivity index (χ1) is 13.0. The van der Waals surface area contributed by atoms with Gasteiger partial charge in [0, 0.05) is 10.5 Å². The molecule has 3 rings (SSSR count). The lowest BCUT2D eigenvalue weighted by atomic mass is 10.2. The summed E-state index contributed by atoms with van der Waals surface area (Å²) >= 11 is 3.13. The molecule has 2 N–H and O–H groups in total. The molecule has 0 unspecified atom stereocenters. The number of nitrogens with zero attached hydrogens (tertiary/aromatic N) is 1. The lowest BCUT2D eigenvalue weighted by Gasteiger charge is -2.12. The molecule has 2 aromatic rings. The Kier molecular flexibility index (Phi) is 7.35. The van der Waals surface area contributed by atoms with Gasteiger partial charge in [0.25, 0.3) is 10.0 Å². The van der Waals surface area contributed by atoms with Gasteiger partial charge >= 0.3 is 6.18 Å². The van der Waals surface area contributed by atoms with Crippen LogP contribution in [0.25, 0.3) is 0 Å². The third kappa shape index (κ3) is 6.39. The van der Waals surface area contributed by atoms with E-state index in [1.54, 1.807) is 6.07 Å². The molecule has 0 aliphatic carbocycles. The number of sulfonamides is 1. The van der Waals surface area contributed by atoms with Gasteiger partial charge in [0.1, 0.15) is 5.75 Å². The summed E-state index contributed by atoms with van der Waals surface area (Å²) in [6.45, 7) is 2.64. The first-order valence-corrected chi connectivity index (χ1v) is 10.6. The van der Waals surface area contributed by atoms with E-state index in [1.807, 2.05) is 0 Å². The summed E-state index contributed by atoms with van der Waals surface area (Å²) in [6, 6.07) is 8.04. The standard InChI is InChI=1S/C13H9BrF3NO3S.C5H11N/c14-8-2-1-3-10(6-8)22(20,21)18-9-4-5-11(12(19)7-9)13(15,16)17;1-6-4-2-3-5-6/h1-7,18-19H;2-5H2,1H3. The predicted molar refractivity (Wildman–Crippen MR) is 105 cm³/mol. The summed E-state index contributed by atoms with van der Waals surface area (Å²) in [7, 11) is -1.80. The van der Waals surface area contributed by atoms with Crippen molar-refractivity contribution >= 4 is 31.6 Å². The Hall–Kier alpha value is -1.78. The van der Waals surface area contributed by atoms with Crippen molar-refractivity contribution in [1.29, 1.82) is 0 Å². The molecular weight excluding hydrogens is 461 g/mol. The van der Waals surface area contributed by atoms with Crippen molar-refractivity contribution < 1.29 is 26.7 Å². The molecule has 0 atom stereocenters. The molecule has 1 aliphatic rings. The molecule has 28 heavy (non-hydrogen) atoms. The quantitative estimate of drug-likeness (QED) is 0.668. The van der Waals surface area contributed by atoms with Crippen molar-refractivity contribution in [3.05, 3.63) is 52.5 Å². The van der Waals surface area contributed by atoms with Crippen molar-refractivity contribution in [2.45, 2.75) is 23.9 Å². The maximum absolute atomic E-state index is 12.5. The van der Waals surface area contributed by atoms with Crippen LogP contribution < -0.4 is 4.72 Å². The Morgan fingerprint density at radius 2 is 1.75 bits per heavy atom. The minimum absolute atomic E-state index is 0.0683. The number of benzene rings is 2. The van der Waals surface area contributed by atoms with Crippen LogP contribution in [0.3, 0.4) is 0 Å². The number of rotatable bonds is 3. The zero-order valence-electron chi connectivity index (χ0n) is 15.0. The zero-order valence-corrected chi connectivity index (χ0v) is 17.4. The summed E-state index contributed by atoms with van der Waals surface area (Å²) in [4.78, 5) is 2.29. The Bertz CT molecular complexity index is 915. The van der Waals surface area contributed by atoms with Gasteiger partial charge in [-0.15, -0.1) is 0 Å². The number of alkyl halides is 3. The fourth-order valence-electron chi connectivity index (χ4n) is 2.56. The molecule has 0 spiro atoms. The van der Waals surface area contributed by atoms with Crippen LogP contribution in [0.4, 0.5) is 18.9 Å².